The fourth-order valence-corrected chi connectivity index (χ4v) is 5.99. The van der Waals surface area contributed by atoms with Crippen LogP contribution in [0.2, 0.25) is 0 Å². The average Bonchev–Trinajstić information content (AvgIpc) is 3.90. The van der Waals surface area contributed by atoms with Crippen molar-refractivity contribution in [3.8, 4) is 0 Å². The van der Waals surface area contributed by atoms with E-state index in [0.29, 0.717) is 30.2 Å². The standard InChI is InChI=1S/C39H40N10O3/c1-22-19-40-34(43-22)25-4-11-29(12-5-25)46-37(50)28-10-17-32(38(51)47-30-13-6-26(7-14-30)35-41-20-23(2)44-35)33(18-28)49-39(52)48-31-15-8-27(9-16-31)36-42-21-24(3)45-36/h4-18,22-24H,19-21H2,1-3H3,(H,40,43)(H,41,44)(H,42,45)(H,46,50)(H,47,51)(H2,48,49,52)/t22-,23+,24+/m1/s1. The first-order chi connectivity index (χ1) is 25.2. The van der Waals surface area contributed by atoms with Gasteiger partial charge in [0.25, 0.3) is 11.8 Å². The summed E-state index contributed by atoms with van der Waals surface area (Å²) in [5.74, 6) is 1.58. The Morgan fingerprint density at radius 1 is 0.519 bits per heavy atom. The molecule has 0 radical (unpaired) electrons. The van der Waals surface area contributed by atoms with E-state index in [2.05, 4.69) is 73.0 Å². The topological polar surface area (TPSA) is 172 Å². The first kappa shape index (κ1) is 34.0. The van der Waals surface area contributed by atoms with Crippen LogP contribution in [-0.2, 0) is 0 Å². The summed E-state index contributed by atoms with van der Waals surface area (Å²) < 4.78 is 0. The number of carbonyl (C=O) groups is 3. The monoisotopic (exact) mass is 696 g/mol. The minimum atomic E-state index is -0.582. The molecule has 0 unspecified atom stereocenters. The molecule has 0 saturated heterocycles. The fourth-order valence-electron chi connectivity index (χ4n) is 5.99. The molecule has 3 aliphatic rings. The molecule has 3 heterocycles. The third kappa shape index (κ3) is 7.94. The van der Waals surface area contributed by atoms with E-state index in [1.807, 2.05) is 36.4 Å². The van der Waals surface area contributed by atoms with Crippen LogP contribution in [0.4, 0.5) is 27.5 Å². The molecule has 7 rings (SSSR count). The number of nitrogens with zero attached hydrogens (tertiary/aromatic N) is 3. The lowest BCUT2D eigenvalue weighted by Crippen LogP contribution is -2.27. The van der Waals surface area contributed by atoms with E-state index in [1.165, 1.54) is 12.1 Å². The van der Waals surface area contributed by atoms with Gasteiger partial charge in [0.15, 0.2) is 0 Å². The van der Waals surface area contributed by atoms with Gasteiger partial charge in [-0.25, -0.2) is 4.79 Å². The fraction of sp³-hybridized carbons (Fsp3) is 0.231. The smallest absolute Gasteiger partial charge is 0.323 e. The summed E-state index contributed by atoms with van der Waals surface area (Å²) in [6.07, 6.45) is 0. The summed E-state index contributed by atoms with van der Waals surface area (Å²) in [6, 6.07) is 26.8. The number of aliphatic imine (C=N–C) groups is 3. The number of urea groups is 1. The Balaban J connectivity index is 1.08. The number of carbonyl (C=O) groups excluding carboxylic acids is 3. The van der Waals surface area contributed by atoms with Crippen LogP contribution in [0, 0.1) is 0 Å². The van der Waals surface area contributed by atoms with Gasteiger partial charge in [0.05, 0.1) is 30.9 Å². The first-order valence-corrected chi connectivity index (χ1v) is 17.3. The molecule has 7 N–H and O–H groups in total. The summed E-state index contributed by atoms with van der Waals surface area (Å²) in [7, 11) is 0. The third-order valence-corrected chi connectivity index (χ3v) is 8.74. The van der Waals surface area contributed by atoms with Gasteiger partial charge in [-0.05, 0) is 112 Å². The van der Waals surface area contributed by atoms with Crippen molar-refractivity contribution >= 4 is 58.1 Å². The zero-order valence-electron chi connectivity index (χ0n) is 29.1. The summed E-state index contributed by atoms with van der Waals surface area (Å²) in [6.45, 7) is 8.33. The average molecular weight is 697 g/mol. The maximum absolute atomic E-state index is 13.6. The molecule has 4 amide bonds. The molecule has 13 nitrogen and oxygen atoms in total. The van der Waals surface area contributed by atoms with Crippen molar-refractivity contribution in [3.63, 3.8) is 0 Å². The van der Waals surface area contributed by atoms with E-state index in [4.69, 9.17) is 0 Å². The molecule has 4 aromatic carbocycles. The van der Waals surface area contributed by atoms with Crippen molar-refractivity contribution in [1.82, 2.24) is 16.0 Å². The Labute approximate surface area is 301 Å². The minimum Gasteiger partial charge on any atom is -0.366 e. The molecule has 264 valence electrons. The van der Waals surface area contributed by atoms with E-state index in [9.17, 15) is 14.4 Å². The number of rotatable bonds is 9. The Kier molecular flexibility index (Phi) is 9.65. The van der Waals surface area contributed by atoms with Crippen LogP contribution in [0.1, 0.15) is 58.2 Å². The van der Waals surface area contributed by atoms with Crippen LogP contribution in [0.3, 0.4) is 0 Å². The quantitative estimate of drug-likeness (QED) is 0.129. The van der Waals surface area contributed by atoms with Gasteiger partial charge in [0, 0.05) is 57.4 Å². The molecule has 0 saturated carbocycles. The number of amidine groups is 3. The number of benzene rings is 4. The molecule has 3 atom stereocenters. The normalized spacial score (nSPS) is 18.9. The lowest BCUT2D eigenvalue weighted by Gasteiger charge is -2.15. The number of hydrogen-bond acceptors (Lipinski definition) is 9. The van der Waals surface area contributed by atoms with Crippen LogP contribution >= 0.6 is 0 Å². The van der Waals surface area contributed by atoms with E-state index in [1.54, 1.807) is 42.5 Å². The zero-order valence-corrected chi connectivity index (χ0v) is 29.1. The lowest BCUT2D eigenvalue weighted by atomic mass is 10.1. The largest absolute Gasteiger partial charge is 0.366 e. The summed E-state index contributed by atoms with van der Waals surface area (Å²) in [4.78, 5) is 53.9. The van der Waals surface area contributed by atoms with E-state index < -0.39 is 17.8 Å². The SMILES string of the molecule is C[C@@H]1CN=C(c2ccc(NC(=O)c3ccc(C(=O)Nc4ccc(C5=NC[C@H](C)N5)cc4)c(NC(=O)Nc4ccc(C5=NC[C@H](C)N5)cc4)c3)cc2)N1. The second-order valence-corrected chi connectivity index (χ2v) is 13.2. The Hall–Kier alpha value is -6.50. The molecule has 4 aromatic rings. The highest BCUT2D eigenvalue weighted by Gasteiger charge is 2.20. The highest BCUT2D eigenvalue weighted by atomic mass is 16.2. The highest BCUT2D eigenvalue weighted by Crippen LogP contribution is 2.23. The second-order valence-electron chi connectivity index (χ2n) is 13.2. The molecule has 3 aliphatic heterocycles. The third-order valence-electron chi connectivity index (χ3n) is 8.74. The van der Waals surface area contributed by atoms with Crippen molar-refractivity contribution < 1.29 is 14.4 Å². The minimum absolute atomic E-state index is 0.155. The maximum atomic E-state index is 13.6. The highest BCUT2D eigenvalue weighted by molar-refractivity contribution is 6.14. The van der Waals surface area contributed by atoms with Crippen molar-refractivity contribution in [2.24, 2.45) is 15.0 Å². The van der Waals surface area contributed by atoms with Crippen LogP contribution in [0.5, 0.6) is 0 Å². The van der Waals surface area contributed by atoms with Crippen molar-refractivity contribution in [2.75, 3.05) is 40.9 Å². The number of hydrogen-bond donors (Lipinski definition) is 7. The summed E-state index contributed by atoms with van der Waals surface area (Å²) >= 11 is 0. The molecule has 13 heteroatoms. The van der Waals surface area contributed by atoms with Crippen LogP contribution in [0.25, 0.3) is 0 Å². The van der Waals surface area contributed by atoms with Gasteiger partial charge in [-0.2, -0.15) is 0 Å². The molecule has 0 aliphatic carbocycles. The predicted molar refractivity (Wildman–Crippen MR) is 206 cm³/mol. The molecular formula is C39H40N10O3. The van der Waals surface area contributed by atoms with Crippen LogP contribution in [-0.4, -0.2) is 73.1 Å². The Morgan fingerprint density at radius 3 is 1.33 bits per heavy atom. The second kappa shape index (κ2) is 14.8. The first-order valence-electron chi connectivity index (χ1n) is 17.3. The maximum Gasteiger partial charge on any atom is 0.323 e. The van der Waals surface area contributed by atoms with Gasteiger partial charge < -0.3 is 37.2 Å². The Bertz CT molecular complexity index is 2090. The Morgan fingerprint density at radius 2 is 0.923 bits per heavy atom. The summed E-state index contributed by atoms with van der Waals surface area (Å²) in [5.41, 5.74) is 5.02. The molecule has 0 spiro atoms. The van der Waals surface area contributed by atoms with Gasteiger partial charge in [0.2, 0.25) is 0 Å². The van der Waals surface area contributed by atoms with Crippen molar-refractivity contribution in [3.05, 3.63) is 119 Å². The van der Waals surface area contributed by atoms with Gasteiger partial charge >= 0.3 is 6.03 Å². The van der Waals surface area contributed by atoms with E-state index >= 15 is 0 Å². The van der Waals surface area contributed by atoms with E-state index in [0.717, 1.165) is 40.7 Å². The summed E-state index contributed by atoms with van der Waals surface area (Å²) in [5, 5.41) is 21.4. The van der Waals surface area contributed by atoms with Gasteiger partial charge in [-0.3, -0.25) is 24.6 Å². The van der Waals surface area contributed by atoms with Gasteiger partial charge in [0.1, 0.15) is 17.5 Å². The van der Waals surface area contributed by atoms with Crippen molar-refractivity contribution in [1.29, 1.82) is 0 Å². The van der Waals surface area contributed by atoms with Crippen molar-refractivity contribution in [2.45, 2.75) is 38.9 Å². The molecule has 0 bridgehead atoms. The number of amides is 4. The molecular weight excluding hydrogens is 656 g/mol. The van der Waals surface area contributed by atoms with E-state index in [-0.39, 0.29) is 34.9 Å². The zero-order chi connectivity index (χ0) is 36.2. The van der Waals surface area contributed by atoms with Crippen LogP contribution < -0.4 is 37.2 Å². The van der Waals surface area contributed by atoms with Gasteiger partial charge in [-0.15, -0.1) is 0 Å². The lowest BCUT2D eigenvalue weighted by molar-refractivity contribution is 0.101. The predicted octanol–water partition coefficient (Wildman–Crippen LogP) is 5.05. The number of anilines is 4. The molecule has 0 fully saturated rings. The number of nitrogens with one attached hydrogen (secondary N) is 7. The van der Waals surface area contributed by atoms with Crippen LogP contribution in [0.15, 0.2) is 106 Å². The molecule has 52 heavy (non-hydrogen) atoms. The molecule has 0 aromatic heterocycles. The van der Waals surface area contributed by atoms with Gasteiger partial charge in [-0.1, -0.05) is 0 Å².